The van der Waals surface area contributed by atoms with Gasteiger partial charge in [-0.3, -0.25) is 9.69 Å². The zero-order valence-electron chi connectivity index (χ0n) is 20.1. The van der Waals surface area contributed by atoms with Gasteiger partial charge in [-0.2, -0.15) is 0 Å². The molecule has 0 N–H and O–H groups in total. The van der Waals surface area contributed by atoms with E-state index in [0.29, 0.717) is 23.8 Å². The van der Waals surface area contributed by atoms with Crippen molar-refractivity contribution in [2.45, 2.75) is 31.1 Å². The Hall–Kier alpha value is -2.04. The molecule has 2 aromatic carbocycles. The smallest absolute Gasteiger partial charge is 0.260 e. The van der Waals surface area contributed by atoms with Gasteiger partial charge in [-0.1, -0.05) is 36.8 Å². The minimum absolute atomic E-state index is 0. The van der Waals surface area contributed by atoms with E-state index < -0.39 is 10.0 Å². The second kappa shape index (κ2) is 12.6. The number of carbonyl (C=O) groups is 1. The first-order valence-corrected chi connectivity index (χ1v) is 13.4. The van der Waals surface area contributed by atoms with Crippen molar-refractivity contribution in [3.8, 4) is 0 Å². The molecule has 186 valence electrons. The number of unbranched alkanes of at least 4 members (excludes halogenated alkanes) is 1. The highest BCUT2D eigenvalue weighted by atomic mass is 35.5. The number of anilines is 1. The van der Waals surface area contributed by atoms with Gasteiger partial charge >= 0.3 is 0 Å². The van der Waals surface area contributed by atoms with Crippen LogP contribution in [0, 0.1) is 0 Å². The fraction of sp³-hybridized carbons (Fsp3) is 0.417. The Bertz CT molecular complexity index is 1150. The fourth-order valence-corrected chi connectivity index (χ4v) is 5.61. The SMILES string of the molecule is CCCCN(C)S(=O)(=O)c1ccc(C(=O)N(CCCN(C)C)c2nc3ccccc3s2)cc1.Cl. The van der Waals surface area contributed by atoms with Gasteiger partial charge in [0.25, 0.3) is 5.91 Å². The van der Waals surface area contributed by atoms with Crippen LogP contribution in [0.15, 0.2) is 53.4 Å². The zero-order valence-corrected chi connectivity index (χ0v) is 22.5. The molecule has 0 atom stereocenters. The van der Waals surface area contributed by atoms with E-state index >= 15 is 0 Å². The molecule has 7 nitrogen and oxygen atoms in total. The summed E-state index contributed by atoms with van der Waals surface area (Å²) in [5.41, 5.74) is 1.30. The summed E-state index contributed by atoms with van der Waals surface area (Å²) < 4.78 is 28.0. The number of rotatable bonds is 11. The molecule has 0 aliphatic carbocycles. The minimum Gasteiger partial charge on any atom is -0.309 e. The third-order valence-corrected chi connectivity index (χ3v) is 8.31. The van der Waals surface area contributed by atoms with E-state index in [9.17, 15) is 13.2 Å². The van der Waals surface area contributed by atoms with Crippen molar-refractivity contribution < 1.29 is 13.2 Å². The highest BCUT2D eigenvalue weighted by molar-refractivity contribution is 7.89. The average Bonchev–Trinajstić information content (AvgIpc) is 3.23. The summed E-state index contributed by atoms with van der Waals surface area (Å²) in [6, 6.07) is 14.0. The predicted molar refractivity (Wildman–Crippen MR) is 143 cm³/mol. The maximum Gasteiger partial charge on any atom is 0.260 e. The lowest BCUT2D eigenvalue weighted by Crippen LogP contribution is -2.33. The summed E-state index contributed by atoms with van der Waals surface area (Å²) >= 11 is 1.48. The van der Waals surface area contributed by atoms with Crippen molar-refractivity contribution in [3.05, 3.63) is 54.1 Å². The number of hydrogen-bond donors (Lipinski definition) is 0. The van der Waals surface area contributed by atoms with Crippen LogP contribution in [-0.4, -0.2) is 69.3 Å². The number of benzene rings is 2. The molecule has 1 aromatic heterocycles. The van der Waals surface area contributed by atoms with Crippen LogP contribution in [0.1, 0.15) is 36.5 Å². The third kappa shape index (κ3) is 6.76. The molecule has 34 heavy (non-hydrogen) atoms. The number of halogens is 1. The molecule has 0 spiro atoms. The molecule has 0 fully saturated rings. The van der Waals surface area contributed by atoms with Crippen molar-refractivity contribution in [1.82, 2.24) is 14.2 Å². The van der Waals surface area contributed by atoms with E-state index in [1.54, 1.807) is 24.1 Å². The fourth-order valence-electron chi connectivity index (χ4n) is 3.41. The number of aromatic nitrogens is 1. The van der Waals surface area contributed by atoms with Crippen LogP contribution in [0.25, 0.3) is 10.2 Å². The molecule has 0 aliphatic heterocycles. The van der Waals surface area contributed by atoms with E-state index in [1.165, 1.54) is 27.8 Å². The van der Waals surface area contributed by atoms with Gasteiger partial charge in [0.2, 0.25) is 10.0 Å². The normalized spacial score (nSPS) is 11.7. The van der Waals surface area contributed by atoms with Gasteiger partial charge in [0.1, 0.15) is 0 Å². The highest BCUT2D eigenvalue weighted by Gasteiger charge is 2.24. The molecule has 3 rings (SSSR count). The van der Waals surface area contributed by atoms with Crippen molar-refractivity contribution in [2.75, 3.05) is 45.7 Å². The summed E-state index contributed by atoms with van der Waals surface area (Å²) in [6.07, 6.45) is 2.52. The Morgan fingerprint density at radius 1 is 0.941 bits per heavy atom. The second-order valence-corrected chi connectivity index (χ2v) is 11.3. The molecular weight excluding hydrogens is 492 g/mol. The van der Waals surface area contributed by atoms with Gasteiger partial charge in [0.15, 0.2) is 5.13 Å². The number of nitrogens with zero attached hydrogens (tertiary/aromatic N) is 4. The quantitative estimate of drug-likeness (QED) is 0.362. The first-order chi connectivity index (χ1) is 15.7. The van der Waals surface area contributed by atoms with E-state index in [2.05, 4.69) is 9.88 Å². The Balaban J connectivity index is 0.00000408. The summed E-state index contributed by atoms with van der Waals surface area (Å²) in [4.78, 5) is 22.1. The van der Waals surface area contributed by atoms with Crippen molar-refractivity contribution in [1.29, 1.82) is 0 Å². The van der Waals surface area contributed by atoms with Crippen LogP contribution < -0.4 is 4.90 Å². The number of thiazole rings is 1. The number of fused-ring (bicyclic) bond motifs is 1. The third-order valence-electron chi connectivity index (χ3n) is 5.38. The number of para-hydroxylation sites is 1. The molecule has 3 aromatic rings. The van der Waals surface area contributed by atoms with Crippen LogP contribution in [0.5, 0.6) is 0 Å². The van der Waals surface area contributed by atoms with Crippen molar-refractivity contribution in [2.24, 2.45) is 0 Å². The number of hydrogen-bond acceptors (Lipinski definition) is 6. The molecule has 0 aliphatic rings. The number of carbonyl (C=O) groups excluding carboxylic acids is 1. The van der Waals surface area contributed by atoms with Crippen molar-refractivity contribution >= 4 is 55.0 Å². The summed E-state index contributed by atoms with van der Waals surface area (Å²) in [7, 11) is 2.01. The molecule has 0 saturated carbocycles. The van der Waals surface area contributed by atoms with Gasteiger partial charge in [-0.05, 0) is 69.9 Å². The van der Waals surface area contributed by atoms with E-state index in [4.69, 9.17) is 0 Å². The molecule has 0 saturated heterocycles. The van der Waals surface area contributed by atoms with Gasteiger partial charge in [0.05, 0.1) is 15.1 Å². The lowest BCUT2D eigenvalue weighted by molar-refractivity contribution is 0.0986. The largest absolute Gasteiger partial charge is 0.309 e. The van der Waals surface area contributed by atoms with Crippen LogP contribution >= 0.6 is 23.7 Å². The maximum absolute atomic E-state index is 13.5. The van der Waals surface area contributed by atoms with Gasteiger partial charge in [0, 0.05) is 25.7 Å². The number of sulfonamides is 1. The van der Waals surface area contributed by atoms with E-state index in [1.807, 2.05) is 45.3 Å². The van der Waals surface area contributed by atoms with Crippen LogP contribution in [0.3, 0.4) is 0 Å². The maximum atomic E-state index is 13.5. The lowest BCUT2D eigenvalue weighted by atomic mass is 10.2. The molecule has 0 unspecified atom stereocenters. The Labute approximate surface area is 212 Å². The Kier molecular flexibility index (Phi) is 10.5. The lowest BCUT2D eigenvalue weighted by Gasteiger charge is -2.21. The summed E-state index contributed by atoms with van der Waals surface area (Å²) in [5, 5.41) is 0.649. The predicted octanol–water partition coefficient (Wildman–Crippen LogP) is 4.74. The van der Waals surface area contributed by atoms with Gasteiger partial charge < -0.3 is 4.90 Å². The van der Waals surface area contributed by atoms with E-state index in [0.717, 1.165) is 36.0 Å². The first kappa shape index (κ1) is 28.2. The van der Waals surface area contributed by atoms with Crippen LogP contribution in [-0.2, 0) is 10.0 Å². The molecule has 0 bridgehead atoms. The van der Waals surface area contributed by atoms with Crippen molar-refractivity contribution in [3.63, 3.8) is 0 Å². The molecular formula is C24H33ClN4O3S2. The topological polar surface area (TPSA) is 73.8 Å². The van der Waals surface area contributed by atoms with Crippen LogP contribution in [0.2, 0.25) is 0 Å². The molecule has 1 amide bonds. The first-order valence-electron chi connectivity index (χ1n) is 11.1. The monoisotopic (exact) mass is 524 g/mol. The molecule has 1 heterocycles. The Morgan fingerprint density at radius 2 is 1.62 bits per heavy atom. The van der Waals surface area contributed by atoms with Gasteiger partial charge in [-0.15, -0.1) is 12.4 Å². The average molecular weight is 525 g/mol. The number of amides is 1. The summed E-state index contributed by atoms with van der Waals surface area (Å²) in [5.74, 6) is -0.184. The standard InChI is InChI=1S/C24H32N4O3S2.ClH/c1-5-6-17-27(4)33(30,31)20-14-12-19(13-15-20)23(29)28(18-9-16-26(2)3)24-25-21-10-7-8-11-22(21)32-24;/h7-8,10-15H,5-6,9,16-18H2,1-4H3;1H. The molecule has 10 heteroatoms. The molecule has 0 radical (unpaired) electrons. The summed E-state index contributed by atoms with van der Waals surface area (Å²) in [6.45, 7) is 3.86. The zero-order chi connectivity index (χ0) is 24.0. The van der Waals surface area contributed by atoms with Crippen LogP contribution in [0.4, 0.5) is 5.13 Å². The highest BCUT2D eigenvalue weighted by Crippen LogP contribution is 2.30. The Morgan fingerprint density at radius 3 is 2.24 bits per heavy atom. The second-order valence-electron chi connectivity index (χ2n) is 8.28. The minimum atomic E-state index is -3.57. The van der Waals surface area contributed by atoms with E-state index in [-0.39, 0.29) is 23.2 Å². The van der Waals surface area contributed by atoms with Gasteiger partial charge in [-0.25, -0.2) is 17.7 Å².